The standard InChI is InChI=1S/C23H23N5O2/c29-22(26-17-7-4-10-24-13-17)16-8-9-18-19(12-16)28-20(23(30)27-18)14-25-21(28)11-15-5-2-1-3-6-15/h4,7-10,12-15H,1-3,5-6,11H2,(H,26,29)(H,27,30). The molecule has 3 heterocycles. The molecule has 30 heavy (non-hydrogen) atoms. The second-order valence-electron chi connectivity index (χ2n) is 7.99. The van der Waals surface area contributed by atoms with Gasteiger partial charge in [-0.2, -0.15) is 0 Å². The Bertz CT molecular complexity index is 1270. The van der Waals surface area contributed by atoms with E-state index in [4.69, 9.17) is 0 Å². The van der Waals surface area contributed by atoms with E-state index in [1.807, 2.05) is 10.5 Å². The number of carbonyl (C=O) groups is 1. The third-order valence-corrected chi connectivity index (χ3v) is 5.93. The average molecular weight is 401 g/mol. The number of benzene rings is 1. The molecular weight excluding hydrogens is 378 g/mol. The van der Waals surface area contributed by atoms with E-state index in [2.05, 4.69) is 20.3 Å². The van der Waals surface area contributed by atoms with Crippen LogP contribution < -0.4 is 10.9 Å². The maximum absolute atomic E-state index is 12.8. The molecule has 0 spiro atoms. The summed E-state index contributed by atoms with van der Waals surface area (Å²) in [5.41, 5.74) is 2.96. The molecule has 7 heteroatoms. The first kappa shape index (κ1) is 18.5. The van der Waals surface area contributed by atoms with Crippen LogP contribution in [-0.4, -0.2) is 25.3 Å². The Morgan fingerprint density at radius 2 is 2.00 bits per heavy atom. The average Bonchev–Trinajstić information content (AvgIpc) is 3.19. The molecule has 1 aliphatic carbocycles. The van der Waals surface area contributed by atoms with Crippen molar-refractivity contribution < 1.29 is 4.79 Å². The van der Waals surface area contributed by atoms with Crippen molar-refractivity contribution in [1.82, 2.24) is 19.4 Å². The molecular formula is C23H23N5O2. The summed E-state index contributed by atoms with van der Waals surface area (Å²) in [4.78, 5) is 36.8. The fraction of sp³-hybridized carbons (Fsp3) is 0.304. The molecule has 5 rings (SSSR count). The fourth-order valence-electron chi connectivity index (χ4n) is 4.40. The lowest BCUT2D eigenvalue weighted by Gasteiger charge is -2.21. The number of imidazole rings is 1. The van der Waals surface area contributed by atoms with E-state index in [1.54, 1.807) is 42.9 Å². The Balaban J connectivity index is 1.56. The van der Waals surface area contributed by atoms with Gasteiger partial charge in [-0.1, -0.05) is 32.1 Å². The van der Waals surface area contributed by atoms with Crippen LogP contribution in [0.25, 0.3) is 16.6 Å². The van der Waals surface area contributed by atoms with Crippen molar-refractivity contribution in [3.63, 3.8) is 0 Å². The number of anilines is 1. The smallest absolute Gasteiger partial charge is 0.274 e. The number of pyridine rings is 1. The highest BCUT2D eigenvalue weighted by atomic mass is 16.1. The summed E-state index contributed by atoms with van der Waals surface area (Å²) in [5.74, 6) is 1.26. The van der Waals surface area contributed by atoms with E-state index in [9.17, 15) is 9.59 Å². The van der Waals surface area contributed by atoms with Crippen LogP contribution >= 0.6 is 0 Å². The summed E-state index contributed by atoms with van der Waals surface area (Å²) >= 11 is 0. The van der Waals surface area contributed by atoms with E-state index < -0.39 is 0 Å². The van der Waals surface area contributed by atoms with E-state index >= 15 is 0 Å². The summed E-state index contributed by atoms with van der Waals surface area (Å²) < 4.78 is 1.92. The van der Waals surface area contributed by atoms with E-state index in [0.29, 0.717) is 28.2 Å². The number of hydrogen-bond acceptors (Lipinski definition) is 4. The van der Waals surface area contributed by atoms with E-state index in [0.717, 1.165) is 17.8 Å². The Labute approximate surface area is 173 Å². The minimum absolute atomic E-state index is 0.169. The molecule has 0 saturated heterocycles. The van der Waals surface area contributed by atoms with E-state index in [-0.39, 0.29) is 11.5 Å². The topological polar surface area (TPSA) is 92.1 Å². The number of fused-ring (bicyclic) bond motifs is 3. The van der Waals surface area contributed by atoms with Crippen molar-refractivity contribution in [2.75, 3.05) is 5.32 Å². The number of hydrogen-bond donors (Lipinski definition) is 2. The normalized spacial score (nSPS) is 14.9. The number of carbonyl (C=O) groups excluding carboxylic acids is 1. The Hall–Kier alpha value is -3.48. The van der Waals surface area contributed by atoms with Crippen molar-refractivity contribution in [3.05, 3.63) is 70.7 Å². The Kier molecular flexibility index (Phi) is 4.78. The Morgan fingerprint density at radius 3 is 2.80 bits per heavy atom. The monoisotopic (exact) mass is 401 g/mol. The minimum Gasteiger partial charge on any atom is -0.321 e. The minimum atomic E-state index is -0.224. The van der Waals surface area contributed by atoms with Gasteiger partial charge in [0.25, 0.3) is 11.5 Å². The molecule has 1 amide bonds. The summed E-state index contributed by atoms with van der Waals surface area (Å²) in [6, 6.07) is 8.87. The molecule has 0 bridgehead atoms. The van der Waals surface area contributed by atoms with Gasteiger partial charge in [0.1, 0.15) is 11.3 Å². The zero-order valence-corrected chi connectivity index (χ0v) is 16.6. The maximum atomic E-state index is 12.8. The summed E-state index contributed by atoms with van der Waals surface area (Å²) in [6.07, 6.45) is 12.0. The van der Waals surface area contributed by atoms with Crippen LogP contribution in [0, 0.1) is 5.92 Å². The van der Waals surface area contributed by atoms with Crippen LogP contribution in [-0.2, 0) is 6.42 Å². The van der Waals surface area contributed by atoms with Crippen LogP contribution in [0.15, 0.2) is 53.7 Å². The molecule has 7 nitrogen and oxygen atoms in total. The van der Waals surface area contributed by atoms with Crippen LogP contribution in [0.4, 0.5) is 5.69 Å². The first-order valence-electron chi connectivity index (χ1n) is 10.4. The molecule has 0 radical (unpaired) electrons. The lowest BCUT2D eigenvalue weighted by molar-refractivity contribution is 0.102. The third-order valence-electron chi connectivity index (χ3n) is 5.93. The largest absolute Gasteiger partial charge is 0.321 e. The number of nitrogens with one attached hydrogen (secondary N) is 2. The van der Waals surface area contributed by atoms with Crippen LogP contribution in [0.5, 0.6) is 0 Å². The number of H-pyrrole nitrogens is 1. The van der Waals surface area contributed by atoms with Gasteiger partial charge in [-0.25, -0.2) is 4.98 Å². The lowest BCUT2D eigenvalue weighted by atomic mass is 9.87. The lowest BCUT2D eigenvalue weighted by Crippen LogP contribution is -2.16. The molecule has 1 aromatic carbocycles. The molecule has 4 aromatic rings. The predicted molar refractivity (Wildman–Crippen MR) is 116 cm³/mol. The molecule has 152 valence electrons. The van der Waals surface area contributed by atoms with Crippen molar-refractivity contribution in [2.45, 2.75) is 38.5 Å². The molecule has 0 aliphatic heterocycles. The quantitative estimate of drug-likeness (QED) is 0.542. The van der Waals surface area contributed by atoms with Gasteiger partial charge in [-0.05, 0) is 36.2 Å². The highest BCUT2D eigenvalue weighted by Crippen LogP contribution is 2.27. The van der Waals surface area contributed by atoms with Gasteiger partial charge in [0, 0.05) is 18.2 Å². The third kappa shape index (κ3) is 3.47. The first-order chi connectivity index (χ1) is 14.7. The van der Waals surface area contributed by atoms with Gasteiger partial charge in [0.15, 0.2) is 0 Å². The van der Waals surface area contributed by atoms with Gasteiger partial charge in [-0.15, -0.1) is 0 Å². The van der Waals surface area contributed by atoms with Gasteiger partial charge < -0.3 is 10.3 Å². The molecule has 1 aliphatic rings. The zero-order chi connectivity index (χ0) is 20.5. The number of rotatable bonds is 4. The van der Waals surface area contributed by atoms with E-state index in [1.165, 1.54) is 32.1 Å². The molecule has 1 saturated carbocycles. The molecule has 0 unspecified atom stereocenters. The van der Waals surface area contributed by atoms with Crippen LogP contribution in [0.3, 0.4) is 0 Å². The van der Waals surface area contributed by atoms with Crippen molar-refractivity contribution in [1.29, 1.82) is 0 Å². The summed E-state index contributed by atoms with van der Waals surface area (Å²) in [5, 5.41) is 2.86. The van der Waals surface area contributed by atoms with Gasteiger partial charge in [-0.3, -0.25) is 19.0 Å². The maximum Gasteiger partial charge on any atom is 0.274 e. The van der Waals surface area contributed by atoms with Gasteiger partial charge in [0.2, 0.25) is 0 Å². The number of nitrogens with zero attached hydrogens (tertiary/aromatic N) is 3. The van der Waals surface area contributed by atoms with Crippen molar-refractivity contribution in [2.24, 2.45) is 5.92 Å². The number of amides is 1. The second-order valence-corrected chi connectivity index (χ2v) is 7.99. The molecule has 2 N–H and O–H groups in total. The molecule has 3 aromatic heterocycles. The summed E-state index contributed by atoms with van der Waals surface area (Å²) in [7, 11) is 0. The predicted octanol–water partition coefficient (Wildman–Crippen LogP) is 3.95. The zero-order valence-electron chi connectivity index (χ0n) is 16.6. The highest BCUT2D eigenvalue weighted by molar-refractivity contribution is 6.06. The second kappa shape index (κ2) is 7.74. The SMILES string of the molecule is O=C(Nc1cccnc1)c1ccc2[nH]c(=O)c3cnc(CC4CCCCC4)n3c2c1. The number of aromatic amines is 1. The summed E-state index contributed by atoms with van der Waals surface area (Å²) in [6.45, 7) is 0. The van der Waals surface area contributed by atoms with Crippen molar-refractivity contribution in [3.8, 4) is 0 Å². The molecule has 1 fully saturated rings. The first-order valence-corrected chi connectivity index (χ1v) is 10.4. The number of aromatic nitrogens is 4. The fourth-order valence-corrected chi connectivity index (χ4v) is 4.40. The van der Waals surface area contributed by atoms with Gasteiger partial charge in [0.05, 0.1) is 29.1 Å². The van der Waals surface area contributed by atoms with Crippen LogP contribution in [0.2, 0.25) is 0 Å². The van der Waals surface area contributed by atoms with Gasteiger partial charge >= 0.3 is 0 Å². The van der Waals surface area contributed by atoms with Crippen LogP contribution in [0.1, 0.15) is 48.3 Å². The molecule has 0 atom stereocenters. The Morgan fingerprint density at radius 1 is 1.13 bits per heavy atom. The highest BCUT2D eigenvalue weighted by Gasteiger charge is 2.19. The van der Waals surface area contributed by atoms with Crippen molar-refractivity contribution >= 4 is 28.1 Å².